The average Bonchev–Trinajstić information content (AvgIpc) is 4.35. The summed E-state index contributed by atoms with van der Waals surface area (Å²) in [4.78, 5) is 57.2. The summed E-state index contributed by atoms with van der Waals surface area (Å²) in [5.74, 6) is -3.24. The number of halogens is 4. The number of amides is 2. The van der Waals surface area contributed by atoms with Gasteiger partial charge in [-0.3, -0.25) is 38.5 Å². The highest BCUT2D eigenvalue weighted by Gasteiger charge is 2.65. The molecule has 6 fully saturated rings. The number of piperidine rings is 2. The van der Waals surface area contributed by atoms with E-state index in [1.165, 1.54) is 81.7 Å². The molecule has 2 N–H and O–H groups in total. The molecule has 2 spiro atoms. The number of ether oxygens (including phenoxy) is 2. The van der Waals surface area contributed by atoms with Crippen LogP contribution in [0.25, 0.3) is 0 Å². The van der Waals surface area contributed by atoms with E-state index in [2.05, 4.69) is 0 Å². The summed E-state index contributed by atoms with van der Waals surface area (Å²) in [5, 5.41) is 25.6. The van der Waals surface area contributed by atoms with Gasteiger partial charge >= 0.3 is 0 Å². The van der Waals surface area contributed by atoms with Crippen LogP contribution in [0.4, 0.5) is 17.6 Å². The monoisotopic (exact) mass is 1100 g/mol. The third-order valence-corrected chi connectivity index (χ3v) is 21.0. The first-order valence-corrected chi connectivity index (χ1v) is 28.5. The summed E-state index contributed by atoms with van der Waals surface area (Å²) in [6, 6.07) is 20.2. The predicted octanol–water partition coefficient (Wildman–Crippen LogP) is 8.58. The van der Waals surface area contributed by atoms with Gasteiger partial charge in [0.1, 0.15) is 47.7 Å². The van der Waals surface area contributed by atoms with E-state index in [9.17, 15) is 29.4 Å². The van der Waals surface area contributed by atoms with E-state index in [4.69, 9.17) is 9.47 Å². The molecular formula is C58H50F4N6O8S2. The summed E-state index contributed by atoms with van der Waals surface area (Å²) >= 11 is 2.64. The molecular weight excluding hydrogens is 1050 g/mol. The van der Waals surface area contributed by atoms with Crippen LogP contribution in [0.15, 0.2) is 117 Å². The molecule has 4 aromatic carbocycles. The zero-order chi connectivity index (χ0) is 53.3. The standard InChI is InChI=1S/2C29H25F2N3O4S/c2*30-19-5-1-3-15-14-39-26-17(4-2-6-20(26)31)23(22(15)19)34-27-18-13-16-7-9-29(18,38-16)10-12-32(27)28(37)24-25(36)21(35)8-11-33(24)34/h2*1-6,8,11,16,18,23,27,36H,7,9-10,12-14H2/t16-,18+,23+,27+,29-;16-,18+,23-,27+,29-/m00/s1. The smallest absolute Gasteiger partial charge is 0.278 e. The maximum atomic E-state index is 15.9. The van der Waals surface area contributed by atoms with Crippen LogP contribution < -0.4 is 20.9 Å². The lowest BCUT2D eigenvalue weighted by Gasteiger charge is -2.57. The number of carbonyl (C=O) groups is 2. The molecule has 0 saturated carbocycles. The van der Waals surface area contributed by atoms with E-state index in [1.54, 1.807) is 46.2 Å². The summed E-state index contributed by atoms with van der Waals surface area (Å²) in [7, 11) is 0. The number of hydrogen-bond acceptors (Lipinski definition) is 12. The summed E-state index contributed by atoms with van der Waals surface area (Å²) in [6.07, 6.45) is 8.51. The van der Waals surface area contributed by atoms with E-state index in [0.717, 1.165) is 49.7 Å². The molecule has 14 nitrogen and oxygen atoms in total. The Labute approximate surface area is 452 Å². The van der Waals surface area contributed by atoms with Gasteiger partial charge < -0.3 is 29.5 Å². The molecule has 16 rings (SSSR count). The van der Waals surface area contributed by atoms with Gasteiger partial charge in [-0.15, -0.1) is 23.5 Å². The van der Waals surface area contributed by atoms with Crippen LogP contribution >= 0.6 is 23.5 Å². The molecule has 0 aliphatic carbocycles. The fourth-order valence-electron chi connectivity index (χ4n) is 15.4. The summed E-state index contributed by atoms with van der Waals surface area (Å²) < 4.78 is 78.6. The van der Waals surface area contributed by atoms with Crippen molar-refractivity contribution in [1.29, 1.82) is 0 Å². The maximum absolute atomic E-state index is 15.9. The van der Waals surface area contributed by atoms with Crippen molar-refractivity contribution in [2.24, 2.45) is 11.8 Å². The van der Waals surface area contributed by atoms with Gasteiger partial charge in [-0.2, -0.15) is 0 Å². The van der Waals surface area contributed by atoms with Gasteiger partial charge in [0.15, 0.2) is 22.9 Å². The van der Waals surface area contributed by atoms with Crippen molar-refractivity contribution in [2.45, 2.75) is 120 Å². The van der Waals surface area contributed by atoms with E-state index in [-0.39, 0.29) is 35.4 Å². The Morgan fingerprint density at radius 1 is 0.526 bits per heavy atom. The minimum absolute atomic E-state index is 0.0770. The van der Waals surface area contributed by atoms with E-state index >= 15 is 17.6 Å². The first-order valence-electron chi connectivity index (χ1n) is 26.6. The second-order valence-corrected chi connectivity index (χ2v) is 24.2. The Hall–Kier alpha value is -6.74. The summed E-state index contributed by atoms with van der Waals surface area (Å²) in [5.41, 5.74) is 0.953. The Balaban J connectivity index is 0.000000136. The molecule has 78 heavy (non-hydrogen) atoms. The topological polar surface area (TPSA) is 150 Å². The lowest BCUT2D eigenvalue weighted by molar-refractivity contribution is -0.0761. The number of thioether (sulfide) groups is 2. The highest BCUT2D eigenvalue weighted by atomic mass is 32.2. The van der Waals surface area contributed by atoms with Gasteiger partial charge in [-0.25, -0.2) is 17.6 Å². The molecule has 4 bridgehead atoms. The van der Waals surface area contributed by atoms with Gasteiger partial charge in [0.2, 0.25) is 10.9 Å². The number of hydrogen-bond donors (Lipinski definition) is 2. The molecule has 6 saturated heterocycles. The Kier molecular flexibility index (Phi) is 10.8. The van der Waals surface area contributed by atoms with Crippen LogP contribution in [0.3, 0.4) is 0 Å². The Morgan fingerprint density at radius 2 is 0.936 bits per heavy atom. The number of rotatable bonds is 2. The van der Waals surface area contributed by atoms with Gasteiger partial charge in [0.05, 0.1) is 23.4 Å². The molecule has 6 aromatic rings. The SMILES string of the molecule is O=C1c2c(O)c(=O)ccn2N([C@@H]2c3cccc(F)c3SCc3cccc(F)c32)[C@@H]2[C@H]3C[C@@H]4CC[C@@]3(CCN12)O4.O=C1c2c(O)c(=O)ccn2N([C@H]2c3cccc(F)c3SCc3cccc(F)c32)[C@@H]2[C@H]3C[C@@H]4CC[C@@]3(CCN12)O4. The van der Waals surface area contributed by atoms with E-state index in [1.807, 2.05) is 22.2 Å². The second-order valence-electron chi connectivity index (χ2n) is 22.2. The number of pyridine rings is 2. The average molecular weight is 1100 g/mol. The van der Waals surface area contributed by atoms with Crippen LogP contribution in [0.1, 0.15) is 118 Å². The van der Waals surface area contributed by atoms with Crippen molar-refractivity contribution in [3.05, 3.63) is 186 Å². The molecule has 400 valence electrons. The number of fused-ring (bicyclic) bond motifs is 12. The predicted molar refractivity (Wildman–Crippen MR) is 278 cm³/mol. The van der Waals surface area contributed by atoms with Crippen LogP contribution in [0.5, 0.6) is 11.5 Å². The van der Waals surface area contributed by atoms with Crippen LogP contribution in [0, 0.1) is 35.1 Å². The van der Waals surface area contributed by atoms with Crippen molar-refractivity contribution in [2.75, 3.05) is 23.1 Å². The van der Waals surface area contributed by atoms with Gasteiger partial charge in [-0.05, 0) is 97.9 Å². The van der Waals surface area contributed by atoms with Crippen molar-refractivity contribution in [1.82, 2.24) is 19.2 Å². The van der Waals surface area contributed by atoms with Crippen molar-refractivity contribution < 1.29 is 46.8 Å². The van der Waals surface area contributed by atoms with Gasteiger partial charge in [0, 0.05) is 81.9 Å². The zero-order valence-corrected chi connectivity index (χ0v) is 43.3. The quantitative estimate of drug-likeness (QED) is 0.160. The van der Waals surface area contributed by atoms with Crippen LogP contribution in [0.2, 0.25) is 0 Å². The lowest BCUT2D eigenvalue weighted by Crippen LogP contribution is -2.70. The highest BCUT2D eigenvalue weighted by molar-refractivity contribution is 7.98. The molecule has 10 atom stereocenters. The fourth-order valence-corrected chi connectivity index (χ4v) is 17.6. The Morgan fingerprint density at radius 3 is 1.36 bits per heavy atom. The van der Waals surface area contributed by atoms with Gasteiger partial charge in [0.25, 0.3) is 11.8 Å². The van der Waals surface area contributed by atoms with Crippen LogP contribution in [-0.4, -0.2) is 90.0 Å². The molecule has 0 radical (unpaired) electrons. The largest absolute Gasteiger partial charge is 0.502 e. The molecule has 2 amide bonds. The Bertz CT molecular complexity index is 3500. The molecule has 10 aliphatic rings. The zero-order valence-electron chi connectivity index (χ0n) is 41.7. The minimum Gasteiger partial charge on any atom is -0.502 e. The number of aromatic nitrogens is 2. The first-order chi connectivity index (χ1) is 37.8. The molecule has 2 aromatic heterocycles. The lowest BCUT2D eigenvalue weighted by atomic mass is 9.71. The van der Waals surface area contributed by atoms with E-state index < -0.39 is 93.1 Å². The molecule has 0 unspecified atom stereocenters. The van der Waals surface area contributed by atoms with Crippen molar-refractivity contribution >= 4 is 35.3 Å². The number of nitrogens with zero attached hydrogens (tertiary/aromatic N) is 6. The maximum Gasteiger partial charge on any atom is 0.278 e. The first kappa shape index (κ1) is 48.4. The van der Waals surface area contributed by atoms with E-state index in [0.29, 0.717) is 69.5 Å². The third-order valence-electron chi connectivity index (χ3n) is 18.6. The van der Waals surface area contributed by atoms with Crippen molar-refractivity contribution in [3.8, 4) is 11.5 Å². The normalized spacial score (nSPS) is 30.3. The van der Waals surface area contributed by atoms with Crippen molar-refractivity contribution in [3.63, 3.8) is 0 Å². The minimum atomic E-state index is -0.836. The molecule has 12 heterocycles. The third kappa shape index (κ3) is 6.71. The second kappa shape index (κ2) is 17.4. The molecule has 20 heteroatoms. The number of aromatic hydroxyl groups is 2. The van der Waals surface area contributed by atoms with Gasteiger partial charge in [-0.1, -0.05) is 48.5 Å². The molecule has 10 aliphatic heterocycles. The fraction of sp³-hybridized carbons (Fsp3) is 0.379. The number of carbonyl (C=O) groups excluding carboxylic acids is 2. The highest BCUT2D eigenvalue weighted by Crippen LogP contribution is 2.59. The summed E-state index contributed by atoms with van der Waals surface area (Å²) in [6.45, 7) is 0.737. The van der Waals surface area contributed by atoms with Crippen LogP contribution in [-0.2, 0) is 21.0 Å². The number of benzene rings is 4.